The van der Waals surface area contributed by atoms with Crippen molar-refractivity contribution >= 4 is 15.8 Å². The van der Waals surface area contributed by atoms with Crippen LogP contribution in [0.25, 0.3) is 0 Å². The van der Waals surface area contributed by atoms with E-state index < -0.39 is 21.1 Å². The molecule has 0 aromatic rings. The lowest BCUT2D eigenvalue weighted by atomic mass is 10.3. The van der Waals surface area contributed by atoms with Gasteiger partial charge in [-0.25, -0.2) is 8.42 Å². The maximum absolute atomic E-state index is 11.6. The zero-order valence-corrected chi connectivity index (χ0v) is 11.0. The fraction of sp³-hybridized carbons (Fsp3) is 0.900. The molecule has 0 fully saturated rings. The molecule has 0 spiro atoms. The minimum atomic E-state index is -3.34. The Morgan fingerprint density at radius 1 is 1.29 bits per heavy atom. The third-order valence-corrected chi connectivity index (χ3v) is 4.47. The fourth-order valence-electron chi connectivity index (χ4n) is 1.18. The molecule has 17 heavy (non-hydrogen) atoms. The second-order valence-corrected chi connectivity index (χ2v) is 6.27. The van der Waals surface area contributed by atoms with Crippen molar-refractivity contribution < 1.29 is 27.8 Å². The van der Waals surface area contributed by atoms with Crippen LogP contribution in [0.5, 0.6) is 0 Å². The molecule has 0 radical (unpaired) electrons. The largest absolute Gasteiger partial charge is 0.481 e. The predicted molar refractivity (Wildman–Crippen MR) is 62.8 cm³/mol. The number of rotatable bonds is 10. The molecule has 1 unspecified atom stereocenters. The van der Waals surface area contributed by atoms with E-state index in [1.807, 2.05) is 0 Å². The number of aliphatic carboxylic acids is 1. The summed E-state index contributed by atoms with van der Waals surface area (Å²) in [6.45, 7) is 2.65. The summed E-state index contributed by atoms with van der Waals surface area (Å²) in [6.07, 6.45) is 0.0167. The van der Waals surface area contributed by atoms with Gasteiger partial charge in [-0.15, -0.1) is 0 Å². The molecule has 0 aliphatic rings. The molecule has 0 aromatic carbocycles. The van der Waals surface area contributed by atoms with Crippen molar-refractivity contribution in [2.75, 3.05) is 32.7 Å². The summed E-state index contributed by atoms with van der Waals surface area (Å²) >= 11 is 0. The van der Waals surface area contributed by atoms with E-state index in [0.717, 1.165) is 0 Å². The lowest BCUT2D eigenvalue weighted by molar-refractivity contribution is -0.136. The second-order valence-electron chi connectivity index (χ2n) is 3.73. The second kappa shape index (κ2) is 8.43. The van der Waals surface area contributed by atoms with Gasteiger partial charge in [0.25, 0.3) is 0 Å². The van der Waals surface area contributed by atoms with Gasteiger partial charge in [0.2, 0.25) is 0 Å². The number of sulfone groups is 1. The van der Waals surface area contributed by atoms with Crippen molar-refractivity contribution in [1.82, 2.24) is 0 Å². The SMILES string of the molecule is COCCOCCCS(=O)(=O)C(C)CC(=O)O. The Hall–Kier alpha value is -0.660. The highest BCUT2D eigenvalue weighted by molar-refractivity contribution is 7.92. The van der Waals surface area contributed by atoms with Crippen LogP contribution >= 0.6 is 0 Å². The number of hydrogen-bond acceptors (Lipinski definition) is 5. The van der Waals surface area contributed by atoms with Crippen LogP contribution in [-0.2, 0) is 24.1 Å². The Kier molecular flexibility index (Phi) is 8.11. The molecule has 1 N–H and O–H groups in total. The first kappa shape index (κ1) is 16.3. The van der Waals surface area contributed by atoms with Crippen molar-refractivity contribution in [2.45, 2.75) is 25.0 Å². The van der Waals surface area contributed by atoms with E-state index in [-0.39, 0.29) is 12.2 Å². The molecule has 6 nitrogen and oxygen atoms in total. The number of hydrogen-bond donors (Lipinski definition) is 1. The summed E-state index contributed by atoms with van der Waals surface area (Å²) in [5, 5.41) is 7.66. The number of methoxy groups -OCH3 is 1. The molecule has 0 aliphatic heterocycles. The minimum Gasteiger partial charge on any atom is -0.481 e. The Balaban J connectivity index is 3.82. The highest BCUT2D eigenvalue weighted by Crippen LogP contribution is 2.08. The number of carboxylic acids is 1. The van der Waals surface area contributed by atoms with E-state index in [2.05, 4.69) is 0 Å². The Morgan fingerprint density at radius 3 is 2.47 bits per heavy atom. The lowest BCUT2D eigenvalue weighted by Gasteiger charge is -2.10. The molecule has 1 atom stereocenters. The maximum atomic E-state index is 11.6. The molecule has 0 aliphatic carbocycles. The third kappa shape index (κ3) is 8.12. The van der Waals surface area contributed by atoms with Gasteiger partial charge in [0, 0.05) is 13.7 Å². The molecule has 0 aromatic heterocycles. The molecular weight excluding hydrogens is 248 g/mol. The van der Waals surface area contributed by atoms with E-state index in [4.69, 9.17) is 14.6 Å². The van der Waals surface area contributed by atoms with Crippen molar-refractivity contribution in [3.05, 3.63) is 0 Å². The summed E-state index contributed by atoms with van der Waals surface area (Å²) in [6, 6.07) is 0. The van der Waals surface area contributed by atoms with Crippen LogP contribution in [-0.4, -0.2) is 57.4 Å². The molecule has 0 bridgehead atoms. The highest BCUT2D eigenvalue weighted by Gasteiger charge is 2.22. The molecular formula is C10H20O6S. The standard InChI is InChI=1S/C10H20O6S/c1-9(8-10(11)12)17(13,14)7-3-4-16-6-5-15-2/h9H,3-8H2,1-2H3,(H,11,12). The summed E-state index contributed by atoms with van der Waals surface area (Å²) in [5.41, 5.74) is 0. The topological polar surface area (TPSA) is 89.9 Å². The van der Waals surface area contributed by atoms with E-state index in [0.29, 0.717) is 26.2 Å². The van der Waals surface area contributed by atoms with Gasteiger partial charge in [-0.05, 0) is 13.3 Å². The quantitative estimate of drug-likeness (QED) is 0.574. The van der Waals surface area contributed by atoms with Gasteiger partial charge in [0.05, 0.1) is 30.6 Å². The predicted octanol–water partition coefficient (Wildman–Crippen LogP) is 0.318. The first-order valence-corrected chi connectivity index (χ1v) is 7.11. The van der Waals surface area contributed by atoms with Crippen LogP contribution in [0.1, 0.15) is 19.8 Å². The van der Waals surface area contributed by atoms with E-state index in [9.17, 15) is 13.2 Å². The van der Waals surface area contributed by atoms with Crippen LogP contribution in [0.15, 0.2) is 0 Å². The molecule has 0 rings (SSSR count). The van der Waals surface area contributed by atoms with Gasteiger partial charge in [-0.2, -0.15) is 0 Å². The average molecular weight is 268 g/mol. The van der Waals surface area contributed by atoms with E-state index in [1.54, 1.807) is 7.11 Å². The van der Waals surface area contributed by atoms with Crippen LogP contribution in [0.4, 0.5) is 0 Å². The van der Waals surface area contributed by atoms with Crippen LogP contribution < -0.4 is 0 Å². The fourth-order valence-corrected chi connectivity index (χ4v) is 2.50. The molecule has 0 amide bonds. The number of ether oxygens (including phenoxy) is 2. The van der Waals surface area contributed by atoms with Gasteiger partial charge >= 0.3 is 5.97 Å². The van der Waals surface area contributed by atoms with Gasteiger partial charge in [-0.1, -0.05) is 0 Å². The first-order valence-electron chi connectivity index (χ1n) is 5.40. The Morgan fingerprint density at radius 2 is 1.94 bits per heavy atom. The van der Waals surface area contributed by atoms with Crippen LogP contribution in [0.3, 0.4) is 0 Å². The summed E-state index contributed by atoms with van der Waals surface area (Å²) in [4.78, 5) is 10.4. The highest BCUT2D eigenvalue weighted by atomic mass is 32.2. The van der Waals surface area contributed by atoms with E-state index in [1.165, 1.54) is 6.92 Å². The first-order chi connectivity index (χ1) is 7.90. The molecule has 0 saturated heterocycles. The van der Waals surface area contributed by atoms with Crippen molar-refractivity contribution in [1.29, 1.82) is 0 Å². The van der Waals surface area contributed by atoms with Crippen molar-refractivity contribution in [2.24, 2.45) is 0 Å². The van der Waals surface area contributed by atoms with Gasteiger partial charge in [-0.3, -0.25) is 4.79 Å². The minimum absolute atomic E-state index is 0.0472. The molecule has 7 heteroatoms. The van der Waals surface area contributed by atoms with Gasteiger partial charge in [0.1, 0.15) is 0 Å². The van der Waals surface area contributed by atoms with Crippen LogP contribution in [0, 0.1) is 0 Å². The van der Waals surface area contributed by atoms with Crippen molar-refractivity contribution in [3.63, 3.8) is 0 Å². The lowest BCUT2D eigenvalue weighted by Crippen LogP contribution is -2.24. The van der Waals surface area contributed by atoms with Crippen molar-refractivity contribution in [3.8, 4) is 0 Å². The zero-order valence-electron chi connectivity index (χ0n) is 10.2. The molecule has 0 heterocycles. The van der Waals surface area contributed by atoms with Crippen LogP contribution in [0.2, 0.25) is 0 Å². The normalized spacial score (nSPS) is 13.5. The number of carboxylic acid groups (broad SMARTS) is 1. The monoisotopic (exact) mass is 268 g/mol. The zero-order chi connectivity index (χ0) is 13.3. The van der Waals surface area contributed by atoms with Gasteiger partial charge in [0.15, 0.2) is 9.84 Å². The molecule has 102 valence electrons. The summed E-state index contributed by atoms with van der Waals surface area (Å²) < 4.78 is 33.1. The Labute approximate surface area is 102 Å². The maximum Gasteiger partial charge on any atom is 0.304 e. The Bertz CT molecular complexity index is 311. The van der Waals surface area contributed by atoms with E-state index >= 15 is 0 Å². The average Bonchev–Trinajstić information content (AvgIpc) is 2.22. The third-order valence-electron chi connectivity index (χ3n) is 2.22. The smallest absolute Gasteiger partial charge is 0.304 e. The number of carbonyl (C=O) groups is 1. The summed E-state index contributed by atoms with van der Waals surface area (Å²) in [7, 11) is -1.78. The molecule has 0 saturated carbocycles. The summed E-state index contributed by atoms with van der Waals surface area (Å²) in [5.74, 6) is -1.15. The van der Waals surface area contributed by atoms with Gasteiger partial charge < -0.3 is 14.6 Å².